The zero-order valence-corrected chi connectivity index (χ0v) is 15.4. The van der Waals surface area contributed by atoms with E-state index in [2.05, 4.69) is 10.4 Å². The number of nitrogens with zero attached hydrogens (tertiary/aromatic N) is 2. The summed E-state index contributed by atoms with van der Waals surface area (Å²) in [4.78, 5) is 12.2. The molecule has 3 rings (SSSR count). The Bertz CT molecular complexity index is 968. The summed E-state index contributed by atoms with van der Waals surface area (Å²) in [6, 6.07) is 13.2. The van der Waals surface area contributed by atoms with E-state index in [1.165, 1.54) is 31.4 Å². The molecule has 0 atom stereocenters. The number of anilines is 1. The zero-order chi connectivity index (χ0) is 20.3. The number of carbonyl (C=O) groups excluding carboxylic acids is 1. The van der Waals surface area contributed by atoms with Crippen LogP contribution < -0.4 is 5.32 Å². The molecule has 1 N–H and O–H groups in total. The molecule has 5 nitrogen and oxygen atoms in total. The van der Waals surface area contributed by atoms with Crippen molar-refractivity contribution < 1.29 is 22.7 Å². The Labute approximate surface area is 163 Å². The molecule has 0 radical (unpaired) electrons. The first kappa shape index (κ1) is 19.9. The van der Waals surface area contributed by atoms with E-state index in [1.54, 1.807) is 24.3 Å². The molecule has 1 heterocycles. The van der Waals surface area contributed by atoms with Crippen molar-refractivity contribution in [2.75, 3.05) is 12.4 Å². The Hall–Kier alpha value is -2.84. The molecular weight excluding hydrogens is 395 g/mol. The molecule has 0 saturated heterocycles. The first-order valence-corrected chi connectivity index (χ1v) is 8.48. The number of alkyl halides is 3. The van der Waals surface area contributed by atoms with E-state index in [1.807, 2.05) is 0 Å². The van der Waals surface area contributed by atoms with E-state index < -0.39 is 11.9 Å². The first-order chi connectivity index (χ1) is 13.3. The van der Waals surface area contributed by atoms with Crippen molar-refractivity contribution in [1.82, 2.24) is 9.78 Å². The van der Waals surface area contributed by atoms with Gasteiger partial charge in [-0.05, 0) is 54.6 Å². The zero-order valence-electron chi connectivity index (χ0n) is 14.6. The van der Waals surface area contributed by atoms with Crippen molar-refractivity contribution in [2.45, 2.75) is 12.8 Å². The van der Waals surface area contributed by atoms with Gasteiger partial charge in [-0.1, -0.05) is 11.6 Å². The molecule has 0 aliphatic heterocycles. The van der Waals surface area contributed by atoms with Crippen LogP contribution in [-0.4, -0.2) is 22.8 Å². The van der Waals surface area contributed by atoms with Crippen LogP contribution >= 0.6 is 11.6 Å². The fourth-order valence-corrected chi connectivity index (χ4v) is 2.66. The maximum absolute atomic E-state index is 13.3. The summed E-state index contributed by atoms with van der Waals surface area (Å²) in [5.41, 5.74) is 0.303. The van der Waals surface area contributed by atoms with Crippen molar-refractivity contribution in [1.29, 1.82) is 0 Å². The highest BCUT2D eigenvalue weighted by molar-refractivity contribution is 6.30. The molecule has 3 aromatic rings. The fraction of sp³-hybridized carbons (Fsp3) is 0.158. The summed E-state index contributed by atoms with van der Waals surface area (Å²) in [5.74, 6) is -0.359. The highest BCUT2D eigenvalue weighted by atomic mass is 35.5. The van der Waals surface area contributed by atoms with Crippen molar-refractivity contribution >= 4 is 23.2 Å². The molecule has 1 aromatic heterocycles. The van der Waals surface area contributed by atoms with Crippen LogP contribution in [0.3, 0.4) is 0 Å². The van der Waals surface area contributed by atoms with Gasteiger partial charge in [0.05, 0.1) is 18.0 Å². The smallest absolute Gasteiger partial charge is 0.378 e. The van der Waals surface area contributed by atoms with E-state index in [0.29, 0.717) is 16.3 Å². The molecule has 146 valence electrons. The second-order valence-electron chi connectivity index (χ2n) is 5.87. The lowest BCUT2D eigenvalue weighted by Crippen LogP contribution is -2.14. The number of ether oxygens (including phenoxy) is 1. The normalized spacial score (nSPS) is 11.5. The molecule has 0 aliphatic rings. The molecule has 2 aromatic carbocycles. The number of hydrogen-bond donors (Lipinski definition) is 1. The van der Waals surface area contributed by atoms with Crippen LogP contribution in [0.4, 0.5) is 18.9 Å². The van der Waals surface area contributed by atoms with Crippen LogP contribution in [0.15, 0.2) is 54.6 Å². The number of rotatable bonds is 5. The number of methoxy groups -OCH3 is 1. The van der Waals surface area contributed by atoms with E-state index in [9.17, 15) is 18.0 Å². The molecule has 0 spiro atoms. The summed E-state index contributed by atoms with van der Waals surface area (Å²) in [7, 11) is 1.38. The highest BCUT2D eigenvalue weighted by Gasteiger charge is 2.36. The molecule has 0 fully saturated rings. The Kier molecular flexibility index (Phi) is 5.71. The van der Waals surface area contributed by atoms with Crippen molar-refractivity contribution in [3.8, 4) is 5.69 Å². The minimum absolute atomic E-state index is 0.0364. The Balaban J connectivity index is 1.82. The number of benzene rings is 2. The molecule has 9 heteroatoms. The SMILES string of the molecule is COCc1cc(C(F)(F)F)n(-c2ccc(NC(=O)c3ccc(Cl)cc3)cc2)n1. The summed E-state index contributed by atoms with van der Waals surface area (Å²) in [6.07, 6.45) is -4.57. The number of aromatic nitrogens is 2. The minimum atomic E-state index is -4.57. The molecule has 0 unspecified atom stereocenters. The number of halogens is 4. The predicted molar refractivity (Wildman–Crippen MR) is 98.7 cm³/mol. The van der Waals surface area contributed by atoms with Crippen LogP contribution in [0, 0.1) is 0 Å². The lowest BCUT2D eigenvalue weighted by Gasteiger charge is -2.11. The van der Waals surface area contributed by atoms with E-state index in [0.717, 1.165) is 10.7 Å². The van der Waals surface area contributed by atoms with Crippen LogP contribution in [0.5, 0.6) is 0 Å². The van der Waals surface area contributed by atoms with Crippen LogP contribution in [-0.2, 0) is 17.5 Å². The average Bonchev–Trinajstić information content (AvgIpc) is 3.08. The average molecular weight is 410 g/mol. The van der Waals surface area contributed by atoms with Gasteiger partial charge in [0.25, 0.3) is 5.91 Å². The number of nitrogens with one attached hydrogen (secondary N) is 1. The van der Waals surface area contributed by atoms with Crippen LogP contribution in [0.1, 0.15) is 21.7 Å². The standard InChI is InChI=1S/C19H15ClF3N3O2/c1-28-11-15-10-17(19(21,22)23)26(25-15)16-8-6-14(7-9-16)24-18(27)12-2-4-13(20)5-3-12/h2-10H,11H2,1H3,(H,24,27). The summed E-state index contributed by atoms with van der Waals surface area (Å²) in [6.45, 7) is -0.0364. The van der Waals surface area contributed by atoms with Gasteiger partial charge in [0.15, 0.2) is 0 Å². The van der Waals surface area contributed by atoms with E-state index in [-0.39, 0.29) is 23.9 Å². The molecule has 0 bridgehead atoms. The summed E-state index contributed by atoms with van der Waals surface area (Å²) < 4.78 is 45.5. The lowest BCUT2D eigenvalue weighted by molar-refractivity contribution is -0.142. The van der Waals surface area contributed by atoms with Gasteiger partial charge in [-0.15, -0.1) is 0 Å². The van der Waals surface area contributed by atoms with Gasteiger partial charge in [0.2, 0.25) is 0 Å². The van der Waals surface area contributed by atoms with Crippen molar-refractivity contribution in [3.05, 3.63) is 76.6 Å². The van der Waals surface area contributed by atoms with Crippen LogP contribution in [0.2, 0.25) is 5.02 Å². The van der Waals surface area contributed by atoms with Gasteiger partial charge >= 0.3 is 6.18 Å². The van der Waals surface area contributed by atoms with Crippen molar-refractivity contribution in [2.24, 2.45) is 0 Å². The predicted octanol–water partition coefficient (Wildman–Crippen LogP) is 4.94. The Morgan fingerprint density at radius 1 is 1.14 bits per heavy atom. The second-order valence-corrected chi connectivity index (χ2v) is 6.31. The highest BCUT2D eigenvalue weighted by Crippen LogP contribution is 2.32. The Morgan fingerprint density at radius 3 is 2.36 bits per heavy atom. The molecule has 0 saturated carbocycles. The lowest BCUT2D eigenvalue weighted by atomic mass is 10.2. The third-order valence-corrected chi connectivity index (χ3v) is 4.07. The third kappa shape index (κ3) is 4.52. The number of hydrogen-bond acceptors (Lipinski definition) is 3. The molecule has 1 amide bonds. The maximum atomic E-state index is 13.3. The summed E-state index contributed by atoms with van der Waals surface area (Å²) >= 11 is 5.79. The van der Waals surface area contributed by atoms with Gasteiger partial charge < -0.3 is 10.1 Å². The number of amides is 1. The van der Waals surface area contributed by atoms with Crippen LogP contribution in [0.25, 0.3) is 5.69 Å². The maximum Gasteiger partial charge on any atom is 0.433 e. The fourth-order valence-electron chi connectivity index (χ4n) is 2.54. The van der Waals surface area contributed by atoms with Gasteiger partial charge in [0, 0.05) is 23.4 Å². The topological polar surface area (TPSA) is 56.1 Å². The van der Waals surface area contributed by atoms with Gasteiger partial charge in [-0.3, -0.25) is 4.79 Å². The molecule has 0 aliphatic carbocycles. The minimum Gasteiger partial charge on any atom is -0.378 e. The van der Waals surface area contributed by atoms with E-state index in [4.69, 9.17) is 16.3 Å². The third-order valence-electron chi connectivity index (χ3n) is 3.82. The second kappa shape index (κ2) is 8.04. The Morgan fingerprint density at radius 2 is 1.79 bits per heavy atom. The van der Waals surface area contributed by atoms with E-state index >= 15 is 0 Å². The number of carbonyl (C=O) groups is 1. The largest absolute Gasteiger partial charge is 0.433 e. The monoisotopic (exact) mass is 409 g/mol. The van der Waals surface area contributed by atoms with Gasteiger partial charge in [-0.25, -0.2) is 4.68 Å². The van der Waals surface area contributed by atoms with Crippen molar-refractivity contribution in [3.63, 3.8) is 0 Å². The summed E-state index contributed by atoms with van der Waals surface area (Å²) in [5, 5.41) is 7.14. The quantitative estimate of drug-likeness (QED) is 0.649. The van der Waals surface area contributed by atoms with Gasteiger partial charge in [-0.2, -0.15) is 18.3 Å². The molecule has 28 heavy (non-hydrogen) atoms. The molecular formula is C19H15ClF3N3O2. The first-order valence-electron chi connectivity index (χ1n) is 8.10. The van der Waals surface area contributed by atoms with Gasteiger partial charge in [0.1, 0.15) is 5.69 Å².